The number of nitrogens with zero attached hydrogens (tertiary/aromatic N) is 2. The summed E-state index contributed by atoms with van der Waals surface area (Å²) in [6.07, 6.45) is 1.84. The molecular weight excluding hydrogens is 256 g/mol. The van der Waals surface area contributed by atoms with Crippen molar-refractivity contribution in [1.82, 2.24) is 9.97 Å². The molecule has 0 saturated carbocycles. The first-order valence-corrected chi connectivity index (χ1v) is 7.30. The van der Waals surface area contributed by atoms with Crippen LogP contribution in [0.2, 0.25) is 0 Å². The molecule has 1 aliphatic heterocycles. The Morgan fingerprint density at radius 2 is 2.22 bits per heavy atom. The predicted molar refractivity (Wildman–Crippen MR) is 68.3 cm³/mol. The Labute approximate surface area is 106 Å². The molecule has 100 valence electrons. The second-order valence-corrected chi connectivity index (χ2v) is 6.85. The second kappa shape index (κ2) is 4.27. The number of nitrogens with one attached hydrogen (secondary N) is 1. The zero-order valence-electron chi connectivity index (χ0n) is 10.3. The van der Waals surface area contributed by atoms with Gasteiger partial charge in [-0.2, -0.15) is 0 Å². The van der Waals surface area contributed by atoms with Crippen molar-refractivity contribution in [2.75, 3.05) is 29.7 Å². The summed E-state index contributed by atoms with van der Waals surface area (Å²) in [5.74, 6) is 1.24. The maximum absolute atomic E-state index is 11.5. The Morgan fingerprint density at radius 3 is 2.78 bits per heavy atom. The minimum absolute atomic E-state index is 0.0765. The fraction of sp³-hybridized carbons (Fsp3) is 0.600. The Morgan fingerprint density at radius 1 is 1.50 bits per heavy atom. The van der Waals surface area contributed by atoms with Gasteiger partial charge in [0.25, 0.3) is 0 Å². The van der Waals surface area contributed by atoms with Crippen LogP contribution >= 0.6 is 0 Å². The van der Waals surface area contributed by atoms with Gasteiger partial charge in [0.2, 0.25) is 5.75 Å². The Hall–Kier alpha value is -1.57. The number of aromatic nitrogens is 2. The van der Waals surface area contributed by atoms with E-state index in [1.807, 2.05) is 6.92 Å². The quantitative estimate of drug-likeness (QED) is 0.800. The monoisotopic (exact) mass is 272 g/mol. The first kappa shape index (κ1) is 12.9. The van der Waals surface area contributed by atoms with Crippen LogP contribution in [0.15, 0.2) is 6.33 Å². The van der Waals surface area contributed by atoms with Crippen molar-refractivity contribution in [3.63, 3.8) is 0 Å². The van der Waals surface area contributed by atoms with E-state index in [1.165, 1.54) is 13.4 Å². The van der Waals surface area contributed by atoms with Crippen molar-refractivity contribution < 1.29 is 13.2 Å². The highest BCUT2D eigenvalue weighted by molar-refractivity contribution is 7.91. The lowest BCUT2D eigenvalue weighted by molar-refractivity contribution is 0.413. The van der Waals surface area contributed by atoms with Gasteiger partial charge in [-0.25, -0.2) is 18.4 Å². The minimum atomic E-state index is -2.98. The molecule has 0 aromatic carbocycles. The van der Waals surface area contributed by atoms with Gasteiger partial charge in [-0.1, -0.05) is 0 Å². The van der Waals surface area contributed by atoms with Gasteiger partial charge in [0.15, 0.2) is 21.5 Å². The highest BCUT2D eigenvalue weighted by Gasteiger charge is 2.39. The second-order valence-electron chi connectivity index (χ2n) is 4.67. The summed E-state index contributed by atoms with van der Waals surface area (Å²) in [4.78, 5) is 7.86. The molecule has 2 rings (SSSR count). The average Bonchev–Trinajstić information content (AvgIpc) is 2.53. The molecular formula is C10H16N4O3S. The van der Waals surface area contributed by atoms with E-state index in [0.29, 0.717) is 18.0 Å². The molecule has 0 spiro atoms. The molecule has 3 N–H and O–H groups in total. The summed E-state index contributed by atoms with van der Waals surface area (Å²) in [6, 6.07) is 0. The molecule has 8 heteroatoms. The third-order valence-electron chi connectivity index (χ3n) is 2.96. The Bertz CT molecular complexity index is 560. The van der Waals surface area contributed by atoms with E-state index in [-0.39, 0.29) is 17.3 Å². The SMILES string of the molecule is COc1c(N)ncnc1NC1(C)CCS(=O)(=O)C1. The van der Waals surface area contributed by atoms with Crippen LogP contribution in [0.25, 0.3) is 0 Å². The van der Waals surface area contributed by atoms with Crippen LogP contribution in [0.1, 0.15) is 13.3 Å². The van der Waals surface area contributed by atoms with Gasteiger partial charge in [-0.3, -0.25) is 0 Å². The van der Waals surface area contributed by atoms with Crippen molar-refractivity contribution >= 4 is 21.5 Å². The van der Waals surface area contributed by atoms with Crippen LogP contribution in [0.4, 0.5) is 11.6 Å². The summed E-state index contributed by atoms with van der Waals surface area (Å²) in [5.41, 5.74) is 5.12. The third kappa shape index (κ3) is 2.47. The first-order chi connectivity index (χ1) is 8.35. The van der Waals surface area contributed by atoms with E-state index < -0.39 is 15.4 Å². The normalized spacial score (nSPS) is 25.9. The van der Waals surface area contributed by atoms with E-state index in [2.05, 4.69) is 15.3 Å². The maximum atomic E-state index is 11.5. The van der Waals surface area contributed by atoms with E-state index in [4.69, 9.17) is 10.5 Å². The summed E-state index contributed by atoms with van der Waals surface area (Å²) < 4.78 is 28.2. The zero-order chi connectivity index (χ0) is 13.4. The number of nitrogen functional groups attached to an aromatic ring is 1. The van der Waals surface area contributed by atoms with Gasteiger partial charge >= 0.3 is 0 Å². The lowest BCUT2D eigenvalue weighted by Gasteiger charge is -2.25. The topological polar surface area (TPSA) is 107 Å². The molecule has 18 heavy (non-hydrogen) atoms. The lowest BCUT2D eigenvalue weighted by atomic mass is 10.0. The molecule has 7 nitrogen and oxygen atoms in total. The number of rotatable bonds is 3. The van der Waals surface area contributed by atoms with E-state index in [0.717, 1.165) is 0 Å². The number of ether oxygens (including phenoxy) is 1. The molecule has 0 aliphatic carbocycles. The molecule has 0 radical (unpaired) electrons. The number of hydrogen-bond acceptors (Lipinski definition) is 7. The number of hydrogen-bond donors (Lipinski definition) is 2. The maximum Gasteiger partial charge on any atom is 0.203 e. The molecule has 0 amide bonds. The highest BCUT2D eigenvalue weighted by atomic mass is 32.2. The van der Waals surface area contributed by atoms with Gasteiger partial charge < -0.3 is 15.8 Å². The highest BCUT2D eigenvalue weighted by Crippen LogP contribution is 2.32. The molecule has 2 heterocycles. The third-order valence-corrected chi connectivity index (χ3v) is 4.86. The van der Waals surface area contributed by atoms with Gasteiger partial charge in [0, 0.05) is 0 Å². The fourth-order valence-electron chi connectivity index (χ4n) is 2.07. The molecule has 1 fully saturated rings. The van der Waals surface area contributed by atoms with Gasteiger partial charge in [-0.15, -0.1) is 0 Å². The standard InChI is InChI=1S/C10H16N4O3S/c1-10(3-4-18(15,16)5-10)14-9-7(17-2)8(11)12-6-13-9/h6H,3-5H2,1-2H3,(H3,11,12,13,14). The number of methoxy groups -OCH3 is 1. The molecule has 0 bridgehead atoms. The van der Waals surface area contributed by atoms with Gasteiger partial charge in [-0.05, 0) is 13.3 Å². The summed E-state index contributed by atoms with van der Waals surface area (Å²) in [6.45, 7) is 1.84. The summed E-state index contributed by atoms with van der Waals surface area (Å²) >= 11 is 0. The molecule has 1 aromatic rings. The Balaban J connectivity index is 2.28. The largest absolute Gasteiger partial charge is 0.490 e. The summed E-state index contributed by atoms with van der Waals surface area (Å²) in [7, 11) is -1.52. The van der Waals surface area contributed by atoms with Crippen LogP contribution in [0.5, 0.6) is 5.75 Å². The van der Waals surface area contributed by atoms with Gasteiger partial charge in [0.05, 0.1) is 24.2 Å². The first-order valence-electron chi connectivity index (χ1n) is 5.48. The van der Waals surface area contributed by atoms with Crippen molar-refractivity contribution in [3.05, 3.63) is 6.33 Å². The van der Waals surface area contributed by atoms with Crippen LogP contribution in [0, 0.1) is 0 Å². The van der Waals surface area contributed by atoms with Gasteiger partial charge in [0.1, 0.15) is 6.33 Å². The predicted octanol–water partition coefficient (Wildman–Crippen LogP) is 0.0565. The van der Waals surface area contributed by atoms with E-state index in [1.54, 1.807) is 0 Å². The van der Waals surface area contributed by atoms with E-state index >= 15 is 0 Å². The smallest absolute Gasteiger partial charge is 0.203 e. The average molecular weight is 272 g/mol. The fourth-order valence-corrected chi connectivity index (χ4v) is 4.17. The van der Waals surface area contributed by atoms with Crippen molar-refractivity contribution in [3.8, 4) is 5.75 Å². The van der Waals surface area contributed by atoms with Crippen LogP contribution in [0.3, 0.4) is 0 Å². The molecule has 1 unspecified atom stereocenters. The summed E-state index contributed by atoms with van der Waals surface area (Å²) in [5, 5.41) is 3.10. The minimum Gasteiger partial charge on any atom is -0.490 e. The van der Waals surface area contributed by atoms with Crippen LogP contribution < -0.4 is 15.8 Å². The Kier molecular flexibility index (Phi) is 3.05. The zero-order valence-corrected chi connectivity index (χ0v) is 11.1. The van der Waals surface area contributed by atoms with Crippen LogP contribution in [-0.2, 0) is 9.84 Å². The van der Waals surface area contributed by atoms with E-state index in [9.17, 15) is 8.42 Å². The van der Waals surface area contributed by atoms with Crippen molar-refractivity contribution in [2.45, 2.75) is 18.9 Å². The van der Waals surface area contributed by atoms with Crippen molar-refractivity contribution in [1.29, 1.82) is 0 Å². The van der Waals surface area contributed by atoms with Crippen molar-refractivity contribution in [2.24, 2.45) is 0 Å². The lowest BCUT2D eigenvalue weighted by Crippen LogP contribution is -2.36. The molecule has 1 atom stereocenters. The molecule has 1 saturated heterocycles. The number of anilines is 2. The number of nitrogens with two attached hydrogens (primary N) is 1. The molecule has 1 aliphatic rings. The number of sulfone groups is 1. The van der Waals surface area contributed by atoms with Crippen LogP contribution in [-0.4, -0.2) is 42.5 Å². The molecule has 1 aromatic heterocycles.